The fourth-order valence-electron chi connectivity index (χ4n) is 5.21. The summed E-state index contributed by atoms with van der Waals surface area (Å²) in [5, 5.41) is 3.59. The van der Waals surface area contributed by atoms with Crippen LogP contribution in [0.1, 0.15) is 60.1 Å². The number of imidazole rings is 1. The fraction of sp³-hybridized carbons (Fsp3) is 0.577. The van der Waals surface area contributed by atoms with Crippen LogP contribution in [0.3, 0.4) is 0 Å². The third kappa shape index (κ3) is 6.21. The van der Waals surface area contributed by atoms with Crippen LogP contribution in [-0.2, 0) is 12.8 Å². The monoisotopic (exact) mass is 517 g/mol. The number of alkyl halides is 2. The summed E-state index contributed by atoms with van der Waals surface area (Å²) in [6, 6.07) is 5.82. The lowest BCUT2D eigenvalue weighted by atomic mass is 9.84. The fourth-order valence-corrected chi connectivity index (χ4v) is 6.16. The van der Waals surface area contributed by atoms with Gasteiger partial charge in [0.1, 0.15) is 11.3 Å². The number of ether oxygens (including phenoxy) is 1. The highest BCUT2D eigenvalue weighted by Crippen LogP contribution is 2.31. The van der Waals surface area contributed by atoms with Crippen LogP contribution < -0.4 is 10.1 Å². The molecule has 1 fully saturated rings. The number of nitrogens with one attached hydrogen (secondary N) is 1. The molecule has 1 N–H and O–H groups in total. The van der Waals surface area contributed by atoms with E-state index < -0.39 is 12.5 Å². The average molecular weight is 518 g/mol. The number of pyridine rings is 1. The minimum Gasteiger partial charge on any atom is -0.464 e. The molecule has 36 heavy (non-hydrogen) atoms. The zero-order chi connectivity index (χ0) is 25.1. The van der Waals surface area contributed by atoms with Crippen molar-refractivity contribution >= 4 is 22.9 Å². The molecule has 3 aromatic rings. The van der Waals surface area contributed by atoms with Gasteiger partial charge in [-0.1, -0.05) is 17.4 Å². The van der Waals surface area contributed by atoms with E-state index in [2.05, 4.69) is 20.2 Å². The van der Waals surface area contributed by atoms with Gasteiger partial charge in [-0.05, 0) is 63.1 Å². The van der Waals surface area contributed by atoms with Gasteiger partial charge >= 0.3 is 0 Å². The van der Waals surface area contributed by atoms with Crippen LogP contribution in [0.15, 0.2) is 30.6 Å². The minimum absolute atomic E-state index is 0.0374. The van der Waals surface area contributed by atoms with E-state index in [-0.39, 0.29) is 11.9 Å². The first kappa shape index (κ1) is 25.1. The molecule has 1 amide bonds. The molecule has 0 radical (unpaired) electrons. The SMILES string of the molecule is CC(F)(F)COc1nc2c(s1)CCN(CCC1CCC(NC(=O)c3cccc4nccn34)CC1)CC2. The number of halogens is 2. The molecule has 10 heteroatoms. The molecule has 7 nitrogen and oxygen atoms in total. The second-order valence-electron chi connectivity index (χ2n) is 10.1. The van der Waals surface area contributed by atoms with Gasteiger partial charge in [0, 0.05) is 49.7 Å². The Morgan fingerprint density at radius 3 is 2.83 bits per heavy atom. The number of fused-ring (bicyclic) bond motifs is 2. The predicted molar refractivity (Wildman–Crippen MR) is 135 cm³/mol. The van der Waals surface area contributed by atoms with Gasteiger partial charge in [-0.25, -0.2) is 18.7 Å². The maximum atomic E-state index is 13.1. The van der Waals surface area contributed by atoms with Crippen LogP contribution in [0.2, 0.25) is 0 Å². The van der Waals surface area contributed by atoms with Crippen molar-refractivity contribution in [3.8, 4) is 5.19 Å². The van der Waals surface area contributed by atoms with Crippen molar-refractivity contribution in [3.05, 3.63) is 46.9 Å². The Labute approximate surface area is 213 Å². The van der Waals surface area contributed by atoms with E-state index in [0.29, 0.717) is 16.8 Å². The second-order valence-corrected chi connectivity index (χ2v) is 11.1. The smallest absolute Gasteiger partial charge is 0.278 e. The molecule has 1 aliphatic carbocycles. The largest absolute Gasteiger partial charge is 0.464 e. The van der Waals surface area contributed by atoms with Crippen molar-refractivity contribution in [1.29, 1.82) is 0 Å². The molecule has 5 rings (SSSR count). The van der Waals surface area contributed by atoms with Gasteiger partial charge in [0.05, 0.1) is 5.69 Å². The van der Waals surface area contributed by atoms with Crippen LogP contribution in [-0.4, -0.2) is 63.4 Å². The third-order valence-corrected chi connectivity index (χ3v) is 8.29. The molecular weight excluding hydrogens is 484 g/mol. The van der Waals surface area contributed by atoms with Gasteiger partial charge < -0.3 is 15.0 Å². The lowest BCUT2D eigenvalue weighted by Gasteiger charge is -2.30. The quantitative estimate of drug-likeness (QED) is 0.473. The molecule has 2 aliphatic rings. The molecule has 0 bridgehead atoms. The molecular formula is C26H33F2N5O2S. The molecule has 0 atom stereocenters. The number of aromatic nitrogens is 3. The number of hydrogen-bond donors (Lipinski definition) is 1. The molecule has 0 unspecified atom stereocenters. The Morgan fingerprint density at radius 2 is 2.03 bits per heavy atom. The van der Waals surface area contributed by atoms with E-state index in [0.717, 1.165) is 87.7 Å². The standard InChI is InChI=1S/C26H33F2N5O2S/c1-26(27,28)17-35-25-31-20-10-14-32(15-11-22(20)36-25)13-9-18-5-7-19(8-6-18)30-24(34)21-3-2-4-23-29-12-16-33(21)23/h2-4,12,16,18-19H,5-11,13-15,17H2,1H3,(H,30,34). The Balaban J connectivity index is 1.03. The van der Waals surface area contributed by atoms with E-state index in [1.165, 1.54) is 11.3 Å². The van der Waals surface area contributed by atoms with Gasteiger partial charge in [0.2, 0.25) is 0 Å². The van der Waals surface area contributed by atoms with Crippen molar-refractivity contribution in [2.24, 2.45) is 5.92 Å². The number of thiazole rings is 1. The molecule has 0 saturated heterocycles. The number of carbonyl (C=O) groups is 1. The van der Waals surface area contributed by atoms with Crippen molar-refractivity contribution in [2.45, 2.75) is 63.8 Å². The Kier molecular flexibility index (Phi) is 7.52. The van der Waals surface area contributed by atoms with Gasteiger partial charge in [0.25, 0.3) is 17.0 Å². The molecule has 194 valence electrons. The first-order valence-electron chi connectivity index (χ1n) is 12.8. The summed E-state index contributed by atoms with van der Waals surface area (Å²) in [5.74, 6) is -2.20. The molecule has 1 saturated carbocycles. The van der Waals surface area contributed by atoms with Gasteiger partial charge in [0.15, 0.2) is 6.61 Å². The Bertz CT molecular complexity index is 1160. The minimum atomic E-state index is -2.85. The van der Waals surface area contributed by atoms with Crippen LogP contribution in [0.5, 0.6) is 5.19 Å². The van der Waals surface area contributed by atoms with Crippen molar-refractivity contribution in [3.63, 3.8) is 0 Å². The van der Waals surface area contributed by atoms with Gasteiger partial charge in [-0.3, -0.25) is 9.20 Å². The molecule has 0 spiro atoms. The van der Waals surface area contributed by atoms with Crippen LogP contribution >= 0.6 is 11.3 Å². The van der Waals surface area contributed by atoms with Crippen LogP contribution in [0.4, 0.5) is 8.78 Å². The van der Waals surface area contributed by atoms with E-state index in [9.17, 15) is 13.6 Å². The van der Waals surface area contributed by atoms with Crippen molar-refractivity contribution in [1.82, 2.24) is 24.6 Å². The molecule has 3 aromatic heterocycles. The van der Waals surface area contributed by atoms with E-state index in [4.69, 9.17) is 4.74 Å². The summed E-state index contributed by atoms with van der Waals surface area (Å²) < 4.78 is 33.1. The van der Waals surface area contributed by atoms with E-state index in [1.54, 1.807) is 6.20 Å². The highest BCUT2D eigenvalue weighted by Gasteiger charge is 2.26. The number of nitrogens with zero attached hydrogens (tertiary/aromatic N) is 4. The number of amides is 1. The number of hydrogen-bond acceptors (Lipinski definition) is 6. The van der Waals surface area contributed by atoms with Crippen molar-refractivity contribution in [2.75, 3.05) is 26.2 Å². The topological polar surface area (TPSA) is 71.8 Å². The summed E-state index contributed by atoms with van der Waals surface area (Å²) in [6.45, 7) is 3.19. The zero-order valence-electron chi connectivity index (χ0n) is 20.6. The maximum absolute atomic E-state index is 13.1. The normalized spacial score (nSPS) is 21.2. The summed E-state index contributed by atoms with van der Waals surface area (Å²) in [6.07, 6.45) is 10.7. The summed E-state index contributed by atoms with van der Waals surface area (Å²) in [4.78, 5) is 25.2. The number of rotatable bonds is 8. The first-order chi connectivity index (χ1) is 17.3. The predicted octanol–water partition coefficient (Wildman–Crippen LogP) is 4.60. The van der Waals surface area contributed by atoms with Crippen LogP contribution in [0, 0.1) is 5.92 Å². The highest BCUT2D eigenvalue weighted by atomic mass is 32.1. The lowest BCUT2D eigenvalue weighted by molar-refractivity contribution is -0.0230. The van der Waals surface area contributed by atoms with E-state index in [1.807, 2.05) is 28.8 Å². The molecule has 1 aliphatic heterocycles. The summed E-state index contributed by atoms with van der Waals surface area (Å²) >= 11 is 1.41. The Morgan fingerprint density at radius 1 is 1.22 bits per heavy atom. The summed E-state index contributed by atoms with van der Waals surface area (Å²) in [5.41, 5.74) is 2.40. The lowest BCUT2D eigenvalue weighted by Crippen LogP contribution is -2.38. The first-order valence-corrected chi connectivity index (χ1v) is 13.6. The average Bonchev–Trinajstić information content (AvgIpc) is 3.45. The third-order valence-electron chi connectivity index (χ3n) is 7.22. The highest BCUT2D eigenvalue weighted by molar-refractivity contribution is 7.13. The van der Waals surface area contributed by atoms with E-state index >= 15 is 0 Å². The summed E-state index contributed by atoms with van der Waals surface area (Å²) in [7, 11) is 0. The second kappa shape index (κ2) is 10.8. The van der Waals surface area contributed by atoms with Gasteiger partial charge in [-0.2, -0.15) is 0 Å². The molecule has 4 heterocycles. The Hall–Kier alpha value is -2.59. The van der Waals surface area contributed by atoms with Gasteiger partial charge in [-0.15, -0.1) is 0 Å². The molecule has 0 aromatic carbocycles. The number of carbonyl (C=O) groups excluding carboxylic acids is 1. The van der Waals surface area contributed by atoms with Crippen molar-refractivity contribution < 1.29 is 18.3 Å². The zero-order valence-corrected chi connectivity index (χ0v) is 21.4. The van der Waals surface area contributed by atoms with Crippen LogP contribution in [0.25, 0.3) is 5.65 Å². The maximum Gasteiger partial charge on any atom is 0.278 e.